The third-order valence-electron chi connectivity index (χ3n) is 11.1. The van der Waals surface area contributed by atoms with Crippen LogP contribution in [0.2, 0.25) is 0 Å². The fourth-order valence-electron chi connectivity index (χ4n) is 9.50. The molecule has 0 heteroatoms. The quantitative estimate of drug-likeness (QED) is 0.443. The molecule has 4 saturated carbocycles. The van der Waals surface area contributed by atoms with Crippen molar-refractivity contribution in [2.75, 3.05) is 0 Å². The summed E-state index contributed by atoms with van der Waals surface area (Å²) in [5.41, 5.74) is 1.36. The Morgan fingerprint density at radius 3 is 2.25 bits per heavy atom. The van der Waals surface area contributed by atoms with Gasteiger partial charge in [0.05, 0.1) is 0 Å². The van der Waals surface area contributed by atoms with Gasteiger partial charge in [0.2, 0.25) is 0 Å². The number of rotatable bonds is 5. The van der Waals surface area contributed by atoms with Gasteiger partial charge in [0.1, 0.15) is 0 Å². The average molecular weight is 387 g/mol. The zero-order valence-corrected chi connectivity index (χ0v) is 20.1. The average Bonchev–Trinajstić information content (AvgIpc) is 2.99. The summed E-state index contributed by atoms with van der Waals surface area (Å²) >= 11 is 0. The van der Waals surface area contributed by atoms with E-state index in [9.17, 15) is 0 Å². The summed E-state index contributed by atoms with van der Waals surface area (Å²) in [6.07, 6.45) is 18.3. The van der Waals surface area contributed by atoms with Gasteiger partial charge in [0.15, 0.2) is 0 Å². The second-order valence-electron chi connectivity index (χ2n) is 13.1. The Kier molecular flexibility index (Phi) is 6.01. The number of hydrogen-bond donors (Lipinski definition) is 0. The topological polar surface area (TPSA) is 0 Å². The van der Waals surface area contributed by atoms with Crippen molar-refractivity contribution in [1.29, 1.82) is 0 Å². The van der Waals surface area contributed by atoms with Crippen molar-refractivity contribution in [3.05, 3.63) is 0 Å². The van der Waals surface area contributed by atoms with Crippen molar-refractivity contribution >= 4 is 0 Å². The van der Waals surface area contributed by atoms with E-state index in [-0.39, 0.29) is 0 Å². The highest BCUT2D eigenvalue weighted by atomic mass is 14.6. The number of hydrogen-bond acceptors (Lipinski definition) is 0. The smallest absolute Gasteiger partial charge is 0.0264 e. The van der Waals surface area contributed by atoms with E-state index in [1.807, 2.05) is 0 Å². The molecular formula is C28H50. The maximum absolute atomic E-state index is 2.75. The van der Waals surface area contributed by atoms with Gasteiger partial charge in [-0.25, -0.2) is 0 Å². The molecule has 162 valence electrons. The first-order valence-corrected chi connectivity index (χ1v) is 13.3. The Morgan fingerprint density at radius 2 is 1.50 bits per heavy atom. The van der Waals surface area contributed by atoms with Crippen LogP contribution in [0.15, 0.2) is 0 Å². The summed E-state index contributed by atoms with van der Waals surface area (Å²) in [5, 5.41) is 0. The van der Waals surface area contributed by atoms with Gasteiger partial charge in [-0.3, -0.25) is 0 Å². The third-order valence-corrected chi connectivity index (χ3v) is 11.1. The van der Waals surface area contributed by atoms with E-state index in [1.165, 1.54) is 32.1 Å². The molecule has 0 aromatic rings. The lowest BCUT2D eigenvalue weighted by Gasteiger charge is -2.61. The Balaban J connectivity index is 1.46. The fourth-order valence-corrected chi connectivity index (χ4v) is 9.50. The van der Waals surface area contributed by atoms with Crippen molar-refractivity contribution < 1.29 is 0 Å². The Labute approximate surface area is 177 Å². The van der Waals surface area contributed by atoms with Crippen molar-refractivity contribution in [3.63, 3.8) is 0 Å². The molecule has 0 aromatic heterocycles. The van der Waals surface area contributed by atoms with Crippen LogP contribution in [0.1, 0.15) is 119 Å². The summed E-state index contributed by atoms with van der Waals surface area (Å²) in [6.45, 7) is 15.4. The fraction of sp³-hybridized carbons (Fsp3) is 1.00. The standard InChI is InChI=1S/C28H50/c1-19(2)8-7-9-21(4)24-12-13-25-23-11-10-22-18-20(3)14-16-27(22,5)26(23)15-17-28(24,25)6/h19-26H,7-18H2,1-6H3/t20-,21+,22-,23-,24+,25-,26-,27-,28+/m0/s1. The van der Waals surface area contributed by atoms with Crippen LogP contribution in [-0.4, -0.2) is 0 Å². The van der Waals surface area contributed by atoms with Gasteiger partial charge in [-0.05, 0) is 110 Å². The third kappa shape index (κ3) is 3.51. The van der Waals surface area contributed by atoms with Crippen LogP contribution in [0.4, 0.5) is 0 Å². The summed E-state index contributed by atoms with van der Waals surface area (Å²) in [4.78, 5) is 0. The van der Waals surface area contributed by atoms with E-state index >= 15 is 0 Å². The molecule has 0 heterocycles. The van der Waals surface area contributed by atoms with Gasteiger partial charge in [-0.1, -0.05) is 67.2 Å². The first-order chi connectivity index (χ1) is 13.3. The molecule has 4 aliphatic carbocycles. The van der Waals surface area contributed by atoms with Gasteiger partial charge in [0, 0.05) is 0 Å². The molecule has 9 atom stereocenters. The van der Waals surface area contributed by atoms with Gasteiger partial charge in [-0.15, -0.1) is 0 Å². The molecule has 4 aliphatic rings. The van der Waals surface area contributed by atoms with E-state index in [4.69, 9.17) is 0 Å². The summed E-state index contributed by atoms with van der Waals surface area (Å²) < 4.78 is 0. The second kappa shape index (κ2) is 7.92. The highest BCUT2D eigenvalue weighted by Gasteiger charge is 2.60. The zero-order valence-electron chi connectivity index (χ0n) is 20.1. The molecule has 0 nitrogen and oxygen atoms in total. The Hall–Kier alpha value is 0. The summed E-state index contributed by atoms with van der Waals surface area (Å²) in [6, 6.07) is 0. The zero-order chi connectivity index (χ0) is 20.1. The monoisotopic (exact) mass is 386 g/mol. The molecule has 0 spiro atoms. The number of fused-ring (bicyclic) bond motifs is 5. The Morgan fingerprint density at radius 1 is 0.786 bits per heavy atom. The van der Waals surface area contributed by atoms with Crippen LogP contribution in [0, 0.1) is 58.2 Å². The van der Waals surface area contributed by atoms with Crippen molar-refractivity contribution in [1.82, 2.24) is 0 Å². The van der Waals surface area contributed by atoms with Crippen LogP contribution in [0.3, 0.4) is 0 Å². The highest BCUT2D eigenvalue weighted by molar-refractivity contribution is 5.09. The first kappa shape index (κ1) is 21.2. The molecule has 0 bridgehead atoms. The molecule has 0 aromatic carbocycles. The maximum Gasteiger partial charge on any atom is -0.0264 e. The molecule has 4 fully saturated rings. The van der Waals surface area contributed by atoms with Crippen LogP contribution in [-0.2, 0) is 0 Å². The first-order valence-electron chi connectivity index (χ1n) is 13.3. The predicted octanol–water partition coefficient (Wildman–Crippen LogP) is 8.74. The van der Waals surface area contributed by atoms with Crippen molar-refractivity contribution in [3.8, 4) is 0 Å². The van der Waals surface area contributed by atoms with E-state index < -0.39 is 0 Å². The second-order valence-corrected chi connectivity index (χ2v) is 13.1. The highest BCUT2D eigenvalue weighted by Crippen LogP contribution is 2.68. The molecule has 0 radical (unpaired) electrons. The lowest BCUT2D eigenvalue weighted by atomic mass is 9.44. The van der Waals surface area contributed by atoms with E-state index in [1.54, 1.807) is 44.9 Å². The van der Waals surface area contributed by atoms with Crippen LogP contribution >= 0.6 is 0 Å². The maximum atomic E-state index is 2.75. The Bertz CT molecular complexity index is 534. The molecule has 0 unspecified atom stereocenters. The normalized spacial score (nSPS) is 49.4. The molecule has 4 rings (SSSR count). The summed E-state index contributed by atoms with van der Waals surface area (Å²) in [5.74, 6) is 8.08. The van der Waals surface area contributed by atoms with Crippen LogP contribution in [0.25, 0.3) is 0 Å². The molecule has 28 heavy (non-hydrogen) atoms. The van der Waals surface area contributed by atoms with Gasteiger partial charge in [0.25, 0.3) is 0 Å². The summed E-state index contributed by atoms with van der Waals surface area (Å²) in [7, 11) is 0. The van der Waals surface area contributed by atoms with Crippen LogP contribution < -0.4 is 0 Å². The van der Waals surface area contributed by atoms with E-state index in [2.05, 4.69) is 41.5 Å². The van der Waals surface area contributed by atoms with Crippen molar-refractivity contribution in [2.24, 2.45) is 58.2 Å². The lowest BCUT2D eigenvalue weighted by molar-refractivity contribution is -0.120. The van der Waals surface area contributed by atoms with Crippen molar-refractivity contribution in [2.45, 2.75) is 119 Å². The van der Waals surface area contributed by atoms with E-state index in [0.717, 1.165) is 47.3 Å². The molecular weight excluding hydrogens is 336 g/mol. The van der Waals surface area contributed by atoms with Gasteiger partial charge in [-0.2, -0.15) is 0 Å². The SMILES string of the molecule is CC(C)CCC[C@@H](C)[C@H]1CC[C@H]2[C@@H]3CC[C@H]4C[C@@H](C)CC[C@]4(C)[C@H]3CC[C@]12C. The molecule has 0 N–H and O–H groups in total. The minimum absolute atomic E-state index is 0.670. The van der Waals surface area contributed by atoms with Crippen LogP contribution in [0.5, 0.6) is 0 Å². The largest absolute Gasteiger partial charge is 0.0628 e. The molecule has 0 aliphatic heterocycles. The lowest BCUT2D eigenvalue weighted by Crippen LogP contribution is -2.53. The molecule has 0 saturated heterocycles. The van der Waals surface area contributed by atoms with Gasteiger partial charge >= 0.3 is 0 Å². The minimum Gasteiger partial charge on any atom is -0.0628 e. The molecule has 0 amide bonds. The predicted molar refractivity (Wildman–Crippen MR) is 122 cm³/mol. The van der Waals surface area contributed by atoms with Gasteiger partial charge < -0.3 is 0 Å². The minimum atomic E-state index is 0.670. The van der Waals surface area contributed by atoms with E-state index in [0.29, 0.717) is 10.8 Å².